The fourth-order valence-electron chi connectivity index (χ4n) is 2.12. The van der Waals surface area contributed by atoms with Crippen molar-refractivity contribution in [3.63, 3.8) is 0 Å². The largest absolute Gasteiger partial charge is 0.339 e. The van der Waals surface area contributed by atoms with E-state index in [2.05, 4.69) is 15.1 Å². The molecule has 0 aliphatic carbocycles. The van der Waals surface area contributed by atoms with E-state index >= 15 is 0 Å². The molecule has 3 rings (SSSR count). The molecule has 0 bridgehead atoms. The van der Waals surface area contributed by atoms with Gasteiger partial charge in [-0.25, -0.2) is 0 Å². The lowest BCUT2D eigenvalue weighted by molar-refractivity contribution is 0.372. The van der Waals surface area contributed by atoms with Gasteiger partial charge in [-0.1, -0.05) is 35.5 Å². The SMILES string of the molecule is NC(CCc1nc(-c2ccncc2)no1)c1ccccc1. The van der Waals surface area contributed by atoms with Crippen LogP contribution in [-0.2, 0) is 6.42 Å². The smallest absolute Gasteiger partial charge is 0.227 e. The number of nitrogens with zero attached hydrogens (tertiary/aromatic N) is 3. The van der Waals surface area contributed by atoms with Crippen LogP contribution < -0.4 is 5.73 Å². The molecule has 0 aliphatic heterocycles. The van der Waals surface area contributed by atoms with Gasteiger partial charge in [0.05, 0.1) is 0 Å². The van der Waals surface area contributed by atoms with Crippen LogP contribution in [0.1, 0.15) is 23.9 Å². The highest BCUT2D eigenvalue weighted by atomic mass is 16.5. The minimum Gasteiger partial charge on any atom is -0.339 e. The van der Waals surface area contributed by atoms with E-state index in [9.17, 15) is 0 Å². The van der Waals surface area contributed by atoms with E-state index in [0.717, 1.165) is 17.5 Å². The van der Waals surface area contributed by atoms with Gasteiger partial charge in [-0.3, -0.25) is 4.98 Å². The summed E-state index contributed by atoms with van der Waals surface area (Å²) in [6, 6.07) is 13.7. The molecule has 0 aliphatic rings. The second kappa shape index (κ2) is 6.28. The van der Waals surface area contributed by atoms with Crippen LogP contribution in [0.15, 0.2) is 59.4 Å². The Morgan fingerprint density at radius 3 is 2.57 bits per heavy atom. The zero-order valence-corrected chi connectivity index (χ0v) is 11.5. The summed E-state index contributed by atoms with van der Waals surface area (Å²) in [6.45, 7) is 0. The molecule has 1 unspecified atom stereocenters. The molecule has 2 N–H and O–H groups in total. The first-order valence-electron chi connectivity index (χ1n) is 6.86. The van der Waals surface area contributed by atoms with Gasteiger partial charge in [0.25, 0.3) is 0 Å². The molecule has 0 radical (unpaired) electrons. The molecule has 0 saturated heterocycles. The molecule has 5 heteroatoms. The Bertz CT molecular complexity index is 682. The third-order valence-electron chi connectivity index (χ3n) is 3.30. The molecule has 21 heavy (non-hydrogen) atoms. The van der Waals surface area contributed by atoms with Crippen molar-refractivity contribution in [3.8, 4) is 11.4 Å². The lowest BCUT2D eigenvalue weighted by atomic mass is 10.0. The maximum Gasteiger partial charge on any atom is 0.227 e. The highest BCUT2D eigenvalue weighted by molar-refractivity contribution is 5.52. The fourth-order valence-corrected chi connectivity index (χ4v) is 2.12. The van der Waals surface area contributed by atoms with Crippen LogP contribution in [0, 0.1) is 0 Å². The second-order valence-corrected chi connectivity index (χ2v) is 4.80. The molecule has 0 saturated carbocycles. The van der Waals surface area contributed by atoms with Gasteiger partial charge in [-0.05, 0) is 24.1 Å². The number of rotatable bonds is 5. The summed E-state index contributed by atoms with van der Waals surface area (Å²) in [5, 5.41) is 3.98. The van der Waals surface area contributed by atoms with E-state index in [1.807, 2.05) is 42.5 Å². The Morgan fingerprint density at radius 2 is 1.81 bits per heavy atom. The second-order valence-electron chi connectivity index (χ2n) is 4.80. The van der Waals surface area contributed by atoms with Crippen molar-refractivity contribution in [3.05, 3.63) is 66.3 Å². The first-order valence-corrected chi connectivity index (χ1v) is 6.86. The molecule has 0 amide bonds. The molecule has 5 nitrogen and oxygen atoms in total. The van der Waals surface area contributed by atoms with Gasteiger partial charge in [-0.15, -0.1) is 0 Å². The Balaban J connectivity index is 1.63. The van der Waals surface area contributed by atoms with Gasteiger partial charge in [0, 0.05) is 30.4 Å². The number of hydrogen-bond acceptors (Lipinski definition) is 5. The average molecular weight is 280 g/mol. The van der Waals surface area contributed by atoms with E-state index in [1.54, 1.807) is 12.4 Å². The van der Waals surface area contributed by atoms with E-state index < -0.39 is 0 Å². The van der Waals surface area contributed by atoms with Crippen LogP contribution >= 0.6 is 0 Å². The quantitative estimate of drug-likeness (QED) is 0.777. The molecule has 2 aromatic heterocycles. The maximum atomic E-state index is 6.16. The first-order chi connectivity index (χ1) is 10.3. The van der Waals surface area contributed by atoms with Crippen molar-refractivity contribution in [2.75, 3.05) is 0 Å². The highest BCUT2D eigenvalue weighted by Crippen LogP contribution is 2.18. The van der Waals surface area contributed by atoms with E-state index in [4.69, 9.17) is 10.3 Å². The third-order valence-corrected chi connectivity index (χ3v) is 3.30. The lowest BCUT2D eigenvalue weighted by Crippen LogP contribution is -2.11. The molecule has 0 fully saturated rings. The van der Waals surface area contributed by atoms with Crippen molar-refractivity contribution in [1.29, 1.82) is 0 Å². The normalized spacial score (nSPS) is 12.2. The average Bonchev–Trinajstić information content (AvgIpc) is 3.03. The number of aryl methyl sites for hydroxylation is 1. The number of benzene rings is 1. The molecule has 106 valence electrons. The monoisotopic (exact) mass is 280 g/mol. The summed E-state index contributed by atoms with van der Waals surface area (Å²) >= 11 is 0. The van der Waals surface area contributed by atoms with Crippen molar-refractivity contribution in [1.82, 2.24) is 15.1 Å². The van der Waals surface area contributed by atoms with Gasteiger partial charge in [-0.2, -0.15) is 4.98 Å². The number of aromatic nitrogens is 3. The third kappa shape index (κ3) is 3.32. The Labute approximate surface area is 122 Å². The van der Waals surface area contributed by atoms with Gasteiger partial charge < -0.3 is 10.3 Å². The Hall–Kier alpha value is -2.53. The van der Waals surface area contributed by atoms with Crippen molar-refractivity contribution in [2.45, 2.75) is 18.9 Å². The van der Waals surface area contributed by atoms with Crippen molar-refractivity contribution in [2.24, 2.45) is 5.73 Å². The van der Waals surface area contributed by atoms with Crippen molar-refractivity contribution < 1.29 is 4.52 Å². The Morgan fingerprint density at radius 1 is 1.05 bits per heavy atom. The minimum absolute atomic E-state index is 0.0255. The minimum atomic E-state index is -0.0255. The van der Waals surface area contributed by atoms with Crippen LogP contribution in [0.4, 0.5) is 0 Å². The van der Waals surface area contributed by atoms with Gasteiger partial charge in [0.1, 0.15) is 0 Å². The summed E-state index contributed by atoms with van der Waals surface area (Å²) in [4.78, 5) is 8.35. The Kier molecular flexibility index (Phi) is 4.02. The van der Waals surface area contributed by atoms with Crippen LogP contribution in [-0.4, -0.2) is 15.1 Å². The number of pyridine rings is 1. The topological polar surface area (TPSA) is 77.8 Å². The molecule has 3 aromatic rings. The predicted molar refractivity (Wildman–Crippen MR) is 79.2 cm³/mol. The van der Waals surface area contributed by atoms with E-state index in [0.29, 0.717) is 18.1 Å². The van der Waals surface area contributed by atoms with Crippen LogP contribution in [0.5, 0.6) is 0 Å². The number of nitrogens with two attached hydrogens (primary N) is 1. The molecular formula is C16H16N4O. The van der Waals surface area contributed by atoms with Gasteiger partial charge >= 0.3 is 0 Å². The van der Waals surface area contributed by atoms with Crippen LogP contribution in [0.25, 0.3) is 11.4 Å². The molecule has 2 heterocycles. The summed E-state index contributed by atoms with van der Waals surface area (Å²) in [6.07, 6.45) is 4.84. The molecule has 0 spiro atoms. The van der Waals surface area contributed by atoms with E-state index in [-0.39, 0.29) is 6.04 Å². The fraction of sp³-hybridized carbons (Fsp3) is 0.188. The van der Waals surface area contributed by atoms with Crippen LogP contribution in [0.2, 0.25) is 0 Å². The zero-order chi connectivity index (χ0) is 14.5. The maximum absolute atomic E-state index is 6.16. The summed E-state index contributed by atoms with van der Waals surface area (Å²) in [5.41, 5.74) is 8.18. The van der Waals surface area contributed by atoms with Gasteiger partial charge in [0.2, 0.25) is 11.7 Å². The van der Waals surface area contributed by atoms with Gasteiger partial charge in [0.15, 0.2) is 0 Å². The van der Waals surface area contributed by atoms with E-state index in [1.165, 1.54) is 0 Å². The highest BCUT2D eigenvalue weighted by Gasteiger charge is 2.11. The van der Waals surface area contributed by atoms with Crippen LogP contribution in [0.3, 0.4) is 0 Å². The lowest BCUT2D eigenvalue weighted by Gasteiger charge is -2.09. The molecule has 1 atom stereocenters. The number of hydrogen-bond donors (Lipinski definition) is 1. The van der Waals surface area contributed by atoms with Crippen molar-refractivity contribution >= 4 is 0 Å². The molecular weight excluding hydrogens is 264 g/mol. The standard InChI is InChI=1S/C16H16N4O/c17-14(12-4-2-1-3-5-12)6-7-15-19-16(20-21-15)13-8-10-18-11-9-13/h1-5,8-11,14H,6-7,17H2. The summed E-state index contributed by atoms with van der Waals surface area (Å²) in [7, 11) is 0. The first kappa shape index (κ1) is 13.5. The zero-order valence-electron chi connectivity index (χ0n) is 11.5. The summed E-state index contributed by atoms with van der Waals surface area (Å²) < 4.78 is 5.27. The summed E-state index contributed by atoms with van der Waals surface area (Å²) in [5.74, 6) is 1.19. The predicted octanol–water partition coefficient (Wildman–Crippen LogP) is 2.76. The molecule has 1 aromatic carbocycles.